The quantitative estimate of drug-likeness (QED) is 0.169. The van der Waals surface area contributed by atoms with Crippen molar-refractivity contribution in [3.05, 3.63) is 68.3 Å². The van der Waals surface area contributed by atoms with Crippen molar-refractivity contribution in [2.45, 2.75) is 77.2 Å². The first kappa shape index (κ1) is 43.1. The Kier molecular flexibility index (Phi) is 19.3. The molecular formula is C35H52BF3N4O4. The number of hydrogen-bond donors (Lipinski definition) is 3. The van der Waals surface area contributed by atoms with Crippen LogP contribution >= 0.6 is 0 Å². The molecule has 1 aromatic carbocycles. The first-order chi connectivity index (χ1) is 22.2. The molecule has 260 valence electrons. The Balaban J connectivity index is 0.000000629. The monoisotopic (exact) mass is 660 g/mol. The van der Waals surface area contributed by atoms with E-state index in [1.165, 1.54) is 0 Å². The van der Waals surface area contributed by atoms with Gasteiger partial charge in [-0.1, -0.05) is 71.2 Å². The van der Waals surface area contributed by atoms with E-state index < -0.39 is 17.3 Å². The number of piperazine rings is 1. The van der Waals surface area contributed by atoms with Gasteiger partial charge in [-0.3, -0.25) is 0 Å². The topological polar surface area (TPSA) is 117 Å². The SMILES string of the molecule is C=C=C.C=CNC1(C#N)CC1.C=CO.C=O.CC1CCB(C(=O)C2(C(F)(F)F)CC2)C1.CCN1CCN(c2ccc(C)c(O)c2)CC1. The third kappa shape index (κ3) is 13.8. The molecule has 2 aliphatic heterocycles. The molecule has 4 fully saturated rings. The average Bonchev–Trinajstić information content (AvgIpc) is 3.98. The number of nitrogens with zero attached hydrogens (tertiary/aromatic N) is 3. The van der Waals surface area contributed by atoms with Crippen molar-refractivity contribution in [1.29, 1.82) is 5.26 Å². The van der Waals surface area contributed by atoms with E-state index in [-0.39, 0.29) is 25.1 Å². The first-order valence-electron chi connectivity index (χ1n) is 15.7. The van der Waals surface area contributed by atoms with E-state index in [2.05, 4.69) is 66.2 Å². The number of carbonyl (C=O) groups excluding carboxylic acids is 2. The van der Waals surface area contributed by atoms with E-state index in [1.54, 1.807) is 6.20 Å². The normalized spacial score (nSPS) is 19.5. The van der Waals surface area contributed by atoms with Gasteiger partial charge in [0.15, 0.2) is 0 Å². The van der Waals surface area contributed by atoms with Gasteiger partial charge in [-0.2, -0.15) is 18.4 Å². The Bertz CT molecular complexity index is 1200. The summed E-state index contributed by atoms with van der Waals surface area (Å²) in [7, 11) is 0. The van der Waals surface area contributed by atoms with Crippen LogP contribution in [0.2, 0.25) is 12.6 Å². The Labute approximate surface area is 279 Å². The lowest BCUT2D eigenvalue weighted by molar-refractivity contribution is -0.186. The number of anilines is 1. The van der Waals surface area contributed by atoms with Crippen LogP contribution in [0.1, 0.15) is 51.5 Å². The van der Waals surface area contributed by atoms with Gasteiger partial charge < -0.3 is 34.9 Å². The first-order valence-corrected chi connectivity index (χ1v) is 15.7. The van der Waals surface area contributed by atoms with Gasteiger partial charge in [-0.25, -0.2) is 0 Å². The number of aryl methyl sites for hydroxylation is 1. The van der Waals surface area contributed by atoms with E-state index in [4.69, 9.17) is 15.2 Å². The molecule has 0 bridgehead atoms. The van der Waals surface area contributed by atoms with E-state index in [1.807, 2.05) is 32.8 Å². The second kappa shape index (κ2) is 21.0. The highest BCUT2D eigenvalue weighted by Crippen LogP contribution is 2.59. The molecule has 12 heteroatoms. The highest BCUT2D eigenvalue weighted by atomic mass is 19.4. The van der Waals surface area contributed by atoms with Gasteiger partial charge in [0.2, 0.25) is 6.71 Å². The summed E-state index contributed by atoms with van der Waals surface area (Å²) in [4.78, 5) is 24.6. The minimum Gasteiger partial charge on any atom is -0.516 e. The van der Waals surface area contributed by atoms with Gasteiger partial charge >= 0.3 is 6.18 Å². The number of hydrogen-bond acceptors (Lipinski definition) is 8. The molecular weight excluding hydrogens is 608 g/mol. The molecule has 0 amide bonds. The third-order valence-corrected chi connectivity index (χ3v) is 8.55. The predicted molar refractivity (Wildman–Crippen MR) is 185 cm³/mol. The fraction of sp³-hybridized carbons (Fsp3) is 0.543. The van der Waals surface area contributed by atoms with Crippen LogP contribution < -0.4 is 10.2 Å². The molecule has 4 aliphatic rings. The van der Waals surface area contributed by atoms with Crippen LogP contribution in [-0.2, 0) is 9.59 Å². The van der Waals surface area contributed by atoms with Crippen molar-refractivity contribution in [3.63, 3.8) is 0 Å². The van der Waals surface area contributed by atoms with Gasteiger partial charge in [0.1, 0.15) is 29.2 Å². The molecule has 1 atom stereocenters. The maximum Gasteiger partial charge on any atom is 0.400 e. The van der Waals surface area contributed by atoms with Gasteiger partial charge in [0, 0.05) is 37.9 Å². The number of phenols is 1. The summed E-state index contributed by atoms with van der Waals surface area (Å²) >= 11 is 0. The molecule has 8 nitrogen and oxygen atoms in total. The van der Waals surface area contributed by atoms with Crippen molar-refractivity contribution in [3.8, 4) is 11.8 Å². The highest BCUT2D eigenvalue weighted by molar-refractivity contribution is 6.91. The number of nitriles is 1. The van der Waals surface area contributed by atoms with E-state index in [0.29, 0.717) is 24.3 Å². The largest absolute Gasteiger partial charge is 0.516 e. The summed E-state index contributed by atoms with van der Waals surface area (Å²) in [5.41, 5.74) is 1.64. The molecule has 5 rings (SSSR count). The van der Waals surface area contributed by atoms with Crippen LogP contribution in [-0.4, -0.2) is 78.7 Å². The number of alkyl halides is 3. The zero-order valence-electron chi connectivity index (χ0n) is 28.2. The summed E-state index contributed by atoms with van der Waals surface area (Å²) in [5, 5.41) is 28.3. The van der Waals surface area contributed by atoms with Crippen molar-refractivity contribution in [2.24, 2.45) is 11.3 Å². The van der Waals surface area contributed by atoms with E-state index in [0.717, 1.165) is 69.5 Å². The van der Waals surface area contributed by atoms with Crippen LogP contribution in [0.25, 0.3) is 0 Å². The van der Waals surface area contributed by atoms with Crippen LogP contribution in [0.5, 0.6) is 5.75 Å². The Morgan fingerprint density at radius 3 is 2.00 bits per heavy atom. The van der Waals surface area contributed by atoms with Crippen LogP contribution in [0.3, 0.4) is 0 Å². The number of aliphatic hydroxyl groups is 1. The number of phenolic OH excluding ortho intramolecular Hbond substituents is 1. The van der Waals surface area contributed by atoms with Gasteiger partial charge in [0.25, 0.3) is 0 Å². The number of nitrogens with one attached hydrogen (secondary N) is 1. The summed E-state index contributed by atoms with van der Waals surface area (Å²) in [5.74, 6) is 0.804. The van der Waals surface area contributed by atoms with Crippen molar-refractivity contribution >= 4 is 24.9 Å². The van der Waals surface area contributed by atoms with Crippen molar-refractivity contribution in [1.82, 2.24) is 10.2 Å². The molecule has 2 saturated heterocycles. The lowest BCUT2D eigenvalue weighted by Gasteiger charge is -2.35. The number of rotatable bonds is 6. The molecule has 1 unspecified atom stereocenters. The van der Waals surface area contributed by atoms with Gasteiger partial charge in [0.05, 0.1) is 12.3 Å². The van der Waals surface area contributed by atoms with Gasteiger partial charge in [-0.15, -0.1) is 5.73 Å². The lowest BCUT2D eigenvalue weighted by Crippen LogP contribution is -2.46. The highest BCUT2D eigenvalue weighted by Gasteiger charge is 2.68. The van der Waals surface area contributed by atoms with Crippen LogP contribution in [0, 0.1) is 29.6 Å². The molecule has 0 aromatic heterocycles. The molecule has 47 heavy (non-hydrogen) atoms. The van der Waals surface area contributed by atoms with Crippen LogP contribution in [0.4, 0.5) is 18.9 Å². The van der Waals surface area contributed by atoms with Gasteiger partial charge in [-0.05, 0) is 57.0 Å². The summed E-state index contributed by atoms with van der Waals surface area (Å²) in [6, 6.07) is 8.12. The lowest BCUT2D eigenvalue weighted by atomic mass is 9.42. The molecule has 2 saturated carbocycles. The Hall–Kier alpha value is -3.94. The Morgan fingerprint density at radius 2 is 1.68 bits per heavy atom. The second-order valence-electron chi connectivity index (χ2n) is 11.9. The van der Waals surface area contributed by atoms with E-state index in [9.17, 15) is 23.1 Å². The maximum absolute atomic E-state index is 12.7. The minimum atomic E-state index is -4.32. The number of aliphatic hydroxyl groups excluding tert-OH is 1. The van der Waals surface area contributed by atoms with Crippen molar-refractivity contribution in [2.75, 3.05) is 37.6 Å². The smallest absolute Gasteiger partial charge is 0.400 e. The summed E-state index contributed by atoms with van der Waals surface area (Å²) < 4.78 is 38.0. The molecule has 1 aromatic rings. The van der Waals surface area contributed by atoms with Crippen molar-refractivity contribution < 1.29 is 33.0 Å². The van der Waals surface area contributed by atoms with Crippen LogP contribution in [0.15, 0.2) is 62.7 Å². The molecule has 0 spiro atoms. The molecule has 0 radical (unpaired) electrons. The zero-order chi connectivity index (χ0) is 36.3. The second-order valence-corrected chi connectivity index (χ2v) is 11.9. The molecule has 2 aliphatic carbocycles. The summed E-state index contributed by atoms with van der Waals surface area (Å²) in [6.07, 6.45) is 2.16. The Morgan fingerprint density at radius 1 is 1.15 bits per heavy atom. The number of aromatic hydroxyl groups is 1. The number of halogens is 3. The fourth-order valence-corrected chi connectivity index (χ4v) is 5.36. The third-order valence-electron chi connectivity index (χ3n) is 8.55. The average molecular weight is 661 g/mol. The number of benzene rings is 1. The zero-order valence-corrected chi connectivity index (χ0v) is 28.2. The minimum absolute atomic E-state index is 0.0141. The molecule has 3 N–H and O–H groups in total. The summed E-state index contributed by atoms with van der Waals surface area (Å²) in [6.45, 7) is 25.9. The predicted octanol–water partition coefficient (Wildman–Crippen LogP) is 7.05. The standard InChI is InChI=1S/C13H20N2O.C10H14BF3O.C6H8N2.C3H4.C2H4O.CH2O/c1-3-14-6-8-15(9-7-14)12-5-4-11(2)13(16)10-12;1-7-2-5-11(6-7)8(15)9(3-4-9)10(12,13)14;1-2-8-6(5-7)3-4-6;1-3-2;1-2-3;1-2/h4-5,10,16H,3,6-9H2,1-2H3;7H,2-6H2,1H3;2,8H,1,3-4H2;1-2H2;2-3H,1H2;1H2. The van der Waals surface area contributed by atoms with E-state index >= 15 is 0 Å². The number of carbonyl (C=O) groups is 2. The maximum atomic E-state index is 12.7. The fourth-order valence-electron chi connectivity index (χ4n) is 5.36. The number of likely N-dealkylation sites (N-methyl/N-ethyl adjacent to an activating group) is 1. The molecule has 2 heterocycles.